The molecule has 3 heterocycles. The van der Waals surface area contributed by atoms with Gasteiger partial charge in [0, 0.05) is 81.4 Å². The molecule has 4 amide bonds. The zero-order valence-corrected chi connectivity index (χ0v) is 26.4. The van der Waals surface area contributed by atoms with Crippen LogP contribution in [-0.4, -0.2) is 104 Å². The maximum absolute atomic E-state index is 15.0. The minimum absolute atomic E-state index is 0.0597. The molecule has 1 aromatic carbocycles. The first-order valence-corrected chi connectivity index (χ1v) is 15.6. The summed E-state index contributed by atoms with van der Waals surface area (Å²) in [6.07, 6.45) is 4.94. The lowest BCUT2D eigenvalue weighted by molar-refractivity contribution is -0.117. The van der Waals surface area contributed by atoms with Crippen LogP contribution in [0.3, 0.4) is 0 Å². The van der Waals surface area contributed by atoms with Gasteiger partial charge in [-0.15, -0.1) is 0 Å². The fourth-order valence-electron chi connectivity index (χ4n) is 6.61. The van der Waals surface area contributed by atoms with Crippen LogP contribution in [0.5, 0.6) is 0 Å². The van der Waals surface area contributed by atoms with Crippen molar-refractivity contribution in [2.24, 2.45) is 5.92 Å². The van der Waals surface area contributed by atoms with Crippen molar-refractivity contribution in [1.82, 2.24) is 25.0 Å². The Morgan fingerprint density at radius 2 is 1.75 bits per heavy atom. The van der Waals surface area contributed by atoms with Crippen LogP contribution in [0.4, 0.5) is 19.7 Å². The Labute approximate surface area is 260 Å². The number of aromatic nitrogens is 1. The molecule has 44 heavy (non-hydrogen) atoms. The molecule has 2 aromatic rings. The maximum Gasteiger partial charge on any atom is 0.410 e. The normalized spacial score (nSPS) is 22.3. The summed E-state index contributed by atoms with van der Waals surface area (Å²) in [7, 11) is 4.11. The van der Waals surface area contributed by atoms with Crippen molar-refractivity contribution in [3.05, 3.63) is 59.7 Å². The van der Waals surface area contributed by atoms with Crippen LogP contribution in [0.1, 0.15) is 50.7 Å². The Kier molecular flexibility index (Phi) is 9.25. The number of benzene rings is 1. The zero-order chi connectivity index (χ0) is 31.6. The van der Waals surface area contributed by atoms with Gasteiger partial charge in [-0.2, -0.15) is 0 Å². The third kappa shape index (κ3) is 7.36. The zero-order valence-electron chi connectivity index (χ0n) is 26.4. The first kappa shape index (κ1) is 31.8. The molecule has 234 valence electrons. The van der Waals surface area contributed by atoms with Gasteiger partial charge in [-0.25, -0.2) is 14.0 Å². The average Bonchev–Trinajstić information content (AvgIpc) is 3.58. The summed E-state index contributed by atoms with van der Waals surface area (Å²) in [6, 6.07) is 8.58. The van der Waals surface area contributed by atoms with Crippen LogP contribution in [0, 0.1) is 11.7 Å². The van der Waals surface area contributed by atoms with Gasteiger partial charge in [0.05, 0.1) is 0 Å². The van der Waals surface area contributed by atoms with Crippen molar-refractivity contribution in [2.75, 3.05) is 44.6 Å². The molecule has 13 heteroatoms. The molecule has 3 aliphatic rings. The highest BCUT2D eigenvalue weighted by Gasteiger charge is 2.61. The lowest BCUT2D eigenvalue weighted by Crippen LogP contribution is -2.55. The molecule has 2 saturated heterocycles. The molecule has 0 spiro atoms. The number of hydrogen-bond donors (Lipinski definition) is 2. The minimum Gasteiger partial charge on any atom is -0.444 e. The number of ether oxygens (including phenoxy) is 1. The van der Waals surface area contributed by atoms with E-state index in [4.69, 9.17) is 4.74 Å². The number of carbonyl (C=O) groups is 3. The number of urea groups is 1. The average molecular weight is 604 g/mol. The molecule has 10 nitrogen and oxygen atoms in total. The summed E-state index contributed by atoms with van der Waals surface area (Å²) in [4.78, 5) is 48.4. The highest BCUT2D eigenvalue weighted by molar-refractivity contribution is 6.46. The first-order chi connectivity index (χ1) is 20.8. The van der Waals surface area contributed by atoms with E-state index in [1.165, 1.54) is 6.07 Å². The van der Waals surface area contributed by atoms with Crippen molar-refractivity contribution < 1.29 is 23.5 Å². The summed E-state index contributed by atoms with van der Waals surface area (Å²) in [6.45, 7) is 9.75. The van der Waals surface area contributed by atoms with Gasteiger partial charge in [0.15, 0.2) is 0 Å². The largest absolute Gasteiger partial charge is 0.444 e. The third-order valence-electron chi connectivity index (χ3n) is 9.14. The van der Waals surface area contributed by atoms with Gasteiger partial charge in [0.25, 0.3) is 0 Å². The number of anilines is 1. The third-order valence-corrected chi connectivity index (χ3v) is 9.14. The van der Waals surface area contributed by atoms with Gasteiger partial charge in [0.1, 0.15) is 27.1 Å². The topological polar surface area (TPSA) is 107 Å². The van der Waals surface area contributed by atoms with Gasteiger partial charge in [-0.3, -0.25) is 14.7 Å². The fraction of sp³-hybridized carbons (Fsp3) is 0.548. The number of hydrogen-bond acceptors (Lipinski definition) is 6. The molecule has 2 atom stereocenters. The van der Waals surface area contributed by atoms with E-state index >= 15 is 0 Å². The van der Waals surface area contributed by atoms with E-state index in [-0.39, 0.29) is 41.6 Å². The summed E-state index contributed by atoms with van der Waals surface area (Å²) < 4.78 is 20.4. The number of amides is 4. The molecule has 1 aromatic heterocycles. The highest BCUT2D eigenvalue weighted by Crippen LogP contribution is 2.66. The van der Waals surface area contributed by atoms with Crippen LogP contribution in [0.2, 0.25) is 5.21 Å². The van der Waals surface area contributed by atoms with E-state index in [0.717, 1.165) is 31.5 Å². The van der Waals surface area contributed by atoms with Gasteiger partial charge >= 0.3 is 12.1 Å². The molecule has 1 aliphatic carbocycles. The van der Waals surface area contributed by atoms with Gasteiger partial charge < -0.3 is 25.2 Å². The fourth-order valence-corrected chi connectivity index (χ4v) is 6.61. The predicted molar refractivity (Wildman–Crippen MR) is 171 cm³/mol. The van der Waals surface area contributed by atoms with E-state index in [1.807, 2.05) is 32.9 Å². The summed E-state index contributed by atoms with van der Waals surface area (Å²) in [5.74, 6) is -0.779. The van der Waals surface area contributed by atoms with Crippen LogP contribution >= 0.6 is 0 Å². The van der Waals surface area contributed by atoms with E-state index in [0.29, 0.717) is 43.5 Å². The van der Waals surface area contributed by atoms with Crippen LogP contribution in [0.25, 0.3) is 0 Å². The lowest BCUT2D eigenvalue weighted by atomic mass is 9.63. The number of pyridine rings is 1. The van der Waals surface area contributed by atoms with E-state index in [2.05, 4.69) is 36.2 Å². The standard InChI is InChI=1S/C31H43B2FN6O4/c1-30(2,3)44-29(43)40-15-13-38(14-16-40)23-8-11-39(12-9-23)28(42)36-19-20-6-7-22(17-24(20)34)37-27(41)26-25(31(26,32)33)21-5-4-10-35-18-21/h4-7,10,17-18,23,25-26H,8-9,11-16,19,32-33H2,1-3H3,(H,36,42)(H,37,41). The Morgan fingerprint density at radius 1 is 1.05 bits per heavy atom. The van der Waals surface area contributed by atoms with Crippen molar-refractivity contribution in [3.63, 3.8) is 0 Å². The monoisotopic (exact) mass is 604 g/mol. The minimum atomic E-state index is -0.506. The van der Waals surface area contributed by atoms with Crippen molar-refractivity contribution >= 4 is 39.4 Å². The molecule has 2 unspecified atom stereocenters. The van der Waals surface area contributed by atoms with E-state index in [9.17, 15) is 18.8 Å². The number of nitrogens with one attached hydrogen (secondary N) is 2. The van der Waals surface area contributed by atoms with Crippen molar-refractivity contribution in [3.8, 4) is 0 Å². The Hall–Kier alpha value is -3.60. The Balaban J connectivity index is 1.04. The van der Waals surface area contributed by atoms with Crippen molar-refractivity contribution in [1.29, 1.82) is 0 Å². The number of piperidine rings is 1. The molecular weight excluding hydrogens is 561 g/mol. The van der Waals surface area contributed by atoms with Crippen LogP contribution < -0.4 is 10.6 Å². The molecule has 2 aliphatic heterocycles. The number of carbonyl (C=O) groups excluding carboxylic acids is 3. The number of rotatable bonds is 6. The second-order valence-electron chi connectivity index (χ2n) is 13.7. The van der Waals surface area contributed by atoms with Crippen molar-refractivity contribution in [2.45, 2.75) is 62.9 Å². The number of halogens is 1. The first-order valence-electron chi connectivity index (χ1n) is 15.6. The molecule has 1 saturated carbocycles. The Bertz CT molecular complexity index is 1360. The second kappa shape index (κ2) is 12.8. The lowest BCUT2D eigenvalue weighted by Gasteiger charge is -2.42. The van der Waals surface area contributed by atoms with Crippen LogP contribution in [0.15, 0.2) is 42.7 Å². The molecule has 5 rings (SSSR count). The predicted octanol–water partition coefficient (Wildman–Crippen LogP) is 2.18. The highest BCUT2D eigenvalue weighted by atomic mass is 19.1. The molecular formula is C31H43B2FN6O4. The van der Waals surface area contributed by atoms with Crippen LogP contribution in [-0.2, 0) is 16.1 Å². The number of nitrogens with zero attached hydrogens (tertiary/aromatic N) is 4. The maximum atomic E-state index is 15.0. The summed E-state index contributed by atoms with van der Waals surface area (Å²) in [5, 5.41) is 5.51. The quantitative estimate of drug-likeness (QED) is 0.490. The molecule has 0 bridgehead atoms. The second-order valence-corrected chi connectivity index (χ2v) is 13.7. The molecule has 2 N–H and O–H groups in total. The SMILES string of the molecule is BC1(B)C(C(=O)Nc2ccc(CNC(=O)N3CCC(N4CCN(C(=O)OC(C)(C)C)CC4)CC3)c(F)c2)C1c1cccnc1. The van der Waals surface area contributed by atoms with E-state index in [1.54, 1.807) is 34.3 Å². The smallest absolute Gasteiger partial charge is 0.410 e. The number of piperazine rings is 1. The summed E-state index contributed by atoms with van der Waals surface area (Å²) in [5.41, 5.74) is 1.27. The number of likely N-dealkylation sites (tertiary alicyclic amines) is 1. The van der Waals surface area contributed by atoms with E-state index < -0.39 is 11.4 Å². The van der Waals surface area contributed by atoms with Gasteiger partial charge in [0.2, 0.25) is 5.91 Å². The molecule has 3 fully saturated rings. The Morgan fingerprint density at radius 3 is 2.36 bits per heavy atom. The summed E-state index contributed by atoms with van der Waals surface area (Å²) >= 11 is 0. The van der Waals surface area contributed by atoms with Gasteiger partial charge in [-0.05, 0) is 63.3 Å². The molecule has 0 radical (unpaired) electrons. The van der Waals surface area contributed by atoms with Gasteiger partial charge in [-0.1, -0.05) is 17.3 Å².